The molecular formula is C20H11ClF5N3O2. The Bertz CT molecular complexity index is 1130. The summed E-state index contributed by atoms with van der Waals surface area (Å²) in [5, 5.41) is 2.00. The zero-order valence-electron chi connectivity index (χ0n) is 15.3. The molecule has 0 radical (unpaired) electrons. The third-order valence-corrected chi connectivity index (χ3v) is 4.02. The molecular weight excluding hydrogens is 445 g/mol. The lowest BCUT2D eigenvalue weighted by molar-refractivity contribution is -0.137. The van der Waals surface area contributed by atoms with E-state index in [0.717, 1.165) is 18.3 Å². The highest BCUT2D eigenvalue weighted by atomic mass is 35.5. The molecule has 0 unspecified atom stereocenters. The number of aliphatic imine (C=N–C) groups is 1. The van der Waals surface area contributed by atoms with E-state index in [1.165, 1.54) is 30.3 Å². The summed E-state index contributed by atoms with van der Waals surface area (Å²) in [6.45, 7) is 0. The number of anilines is 1. The van der Waals surface area contributed by atoms with Gasteiger partial charge in [-0.3, -0.25) is 0 Å². The second kappa shape index (κ2) is 9.09. The normalized spacial score (nSPS) is 11.5. The highest BCUT2D eigenvalue weighted by molar-refractivity contribution is 6.31. The van der Waals surface area contributed by atoms with Crippen molar-refractivity contribution in [1.29, 1.82) is 0 Å². The summed E-state index contributed by atoms with van der Waals surface area (Å²) in [7, 11) is 0. The van der Waals surface area contributed by atoms with Crippen molar-refractivity contribution in [3.63, 3.8) is 0 Å². The van der Waals surface area contributed by atoms with Gasteiger partial charge in [0, 0.05) is 24.2 Å². The number of ether oxygens (including phenoxy) is 1. The minimum Gasteiger partial charge on any atom is -0.437 e. The Morgan fingerprint density at radius 1 is 1.10 bits per heavy atom. The summed E-state index contributed by atoms with van der Waals surface area (Å²) in [6.07, 6.45) is -3.29. The summed E-state index contributed by atoms with van der Waals surface area (Å²) in [5.41, 5.74) is -1.32. The van der Waals surface area contributed by atoms with E-state index in [0.29, 0.717) is 12.3 Å². The Kier molecular flexibility index (Phi) is 6.50. The Morgan fingerprint density at radius 2 is 1.77 bits per heavy atom. The topological polar surface area (TPSA) is 63.6 Å². The van der Waals surface area contributed by atoms with E-state index in [9.17, 15) is 26.7 Å². The van der Waals surface area contributed by atoms with Gasteiger partial charge < -0.3 is 10.1 Å². The second-order valence-corrected chi connectivity index (χ2v) is 6.37. The van der Waals surface area contributed by atoms with Crippen LogP contribution in [0.3, 0.4) is 0 Å². The van der Waals surface area contributed by atoms with Gasteiger partial charge in [0.05, 0.1) is 11.1 Å². The number of pyridine rings is 1. The molecule has 3 aromatic rings. The van der Waals surface area contributed by atoms with Gasteiger partial charge in [-0.15, -0.1) is 0 Å². The predicted molar refractivity (Wildman–Crippen MR) is 104 cm³/mol. The molecule has 1 heterocycles. The fourth-order valence-electron chi connectivity index (χ4n) is 2.32. The molecule has 160 valence electrons. The van der Waals surface area contributed by atoms with Gasteiger partial charge >= 0.3 is 12.2 Å². The number of aromatic nitrogens is 1. The van der Waals surface area contributed by atoms with E-state index in [1.54, 1.807) is 0 Å². The monoisotopic (exact) mass is 455 g/mol. The third kappa shape index (κ3) is 5.76. The smallest absolute Gasteiger partial charge is 0.417 e. The number of amides is 2. The maximum absolute atomic E-state index is 13.6. The summed E-state index contributed by atoms with van der Waals surface area (Å²) in [5.74, 6) is -1.93. The van der Waals surface area contributed by atoms with E-state index in [2.05, 4.69) is 15.3 Å². The van der Waals surface area contributed by atoms with Crippen LogP contribution in [0.2, 0.25) is 5.02 Å². The number of benzene rings is 2. The van der Waals surface area contributed by atoms with Crippen LogP contribution in [-0.2, 0) is 6.18 Å². The highest BCUT2D eigenvalue weighted by Crippen LogP contribution is 2.35. The number of hydrogen-bond donors (Lipinski definition) is 1. The van der Waals surface area contributed by atoms with Gasteiger partial charge in [0.15, 0.2) is 0 Å². The number of nitrogens with one attached hydrogen (secondary N) is 1. The number of carbonyl (C=O) groups is 1. The molecule has 2 aromatic carbocycles. The van der Waals surface area contributed by atoms with Gasteiger partial charge in [-0.05, 0) is 30.3 Å². The lowest BCUT2D eigenvalue weighted by atomic mass is 10.2. The molecule has 1 N–H and O–H groups in total. The van der Waals surface area contributed by atoms with Crippen LogP contribution in [0.1, 0.15) is 11.1 Å². The largest absolute Gasteiger partial charge is 0.437 e. The predicted octanol–water partition coefficient (Wildman–Crippen LogP) is 6.48. The van der Waals surface area contributed by atoms with Crippen molar-refractivity contribution in [1.82, 2.24) is 4.98 Å². The van der Waals surface area contributed by atoms with Crippen LogP contribution in [0.5, 0.6) is 11.6 Å². The Morgan fingerprint density at radius 3 is 2.42 bits per heavy atom. The second-order valence-electron chi connectivity index (χ2n) is 5.96. The summed E-state index contributed by atoms with van der Waals surface area (Å²) in [4.78, 5) is 18.9. The van der Waals surface area contributed by atoms with Gasteiger partial charge in [-0.1, -0.05) is 23.7 Å². The standard InChI is InChI=1S/C20H11ClF5N3O2/c21-15-7-11(20(24,25)26)9-27-18(15)31-13-4-1-3-12(8-13)29-19(30)28-10-14-16(22)5-2-6-17(14)23/h1-10H,(H,29,30). The molecule has 11 heteroatoms. The third-order valence-electron chi connectivity index (χ3n) is 3.75. The Balaban J connectivity index is 1.71. The average Bonchev–Trinajstić information content (AvgIpc) is 2.68. The number of rotatable bonds is 4. The summed E-state index contributed by atoms with van der Waals surface area (Å²) >= 11 is 5.80. The van der Waals surface area contributed by atoms with Crippen molar-refractivity contribution >= 4 is 29.5 Å². The fourth-order valence-corrected chi connectivity index (χ4v) is 2.52. The van der Waals surface area contributed by atoms with E-state index in [-0.39, 0.29) is 22.3 Å². The van der Waals surface area contributed by atoms with E-state index in [1.807, 2.05) is 0 Å². The molecule has 2 amide bonds. The first kappa shape index (κ1) is 22.2. The van der Waals surface area contributed by atoms with Crippen LogP contribution in [0, 0.1) is 11.6 Å². The summed E-state index contributed by atoms with van der Waals surface area (Å²) < 4.78 is 70.5. The number of urea groups is 1. The SMILES string of the molecule is O=C(N=Cc1c(F)cccc1F)Nc1cccc(Oc2ncc(C(F)(F)F)cc2Cl)c1. The van der Waals surface area contributed by atoms with Gasteiger partial charge in [-0.25, -0.2) is 23.6 Å². The quantitative estimate of drug-likeness (QED) is 0.362. The molecule has 0 saturated carbocycles. The number of alkyl halides is 3. The maximum atomic E-state index is 13.6. The minimum absolute atomic E-state index is 0.107. The van der Waals surface area contributed by atoms with Crippen LogP contribution in [-0.4, -0.2) is 17.2 Å². The number of nitrogens with zero attached hydrogens (tertiary/aromatic N) is 2. The van der Waals surface area contributed by atoms with Crippen LogP contribution in [0.4, 0.5) is 32.4 Å². The lowest BCUT2D eigenvalue weighted by Gasteiger charge is -2.11. The fraction of sp³-hybridized carbons (Fsp3) is 0.0500. The number of hydrogen-bond acceptors (Lipinski definition) is 3. The first-order chi connectivity index (χ1) is 14.6. The minimum atomic E-state index is -4.61. The maximum Gasteiger partial charge on any atom is 0.417 e. The van der Waals surface area contributed by atoms with Crippen LogP contribution in [0.15, 0.2) is 59.7 Å². The van der Waals surface area contributed by atoms with E-state index < -0.39 is 35.0 Å². The van der Waals surface area contributed by atoms with Gasteiger partial charge in [0.25, 0.3) is 0 Å². The van der Waals surface area contributed by atoms with Crippen molar-refractivity contribution in [3.05, 3.63) is 82.5 Å². The molecule has 5 nitrogen and oxygen atoms in total. The first-order valence-corrected chi connectivity index (χ1v) is 8.81. The van der Waals surface area contributed by atoms with Crippen molar-refractivity contribution in [2.45, 2.75) is 6.18 Å². The molecule has 0 aliphatic carbocycles. The lowest BCUT2D eigenvalue weighted by Crippen LogP contribution is -2.07. The molecule has 0 bridgehead atoms. The van der Waals surface area contributed by atoms with Crippen molar-refractivity contribution < 1.29 is 31.5 Å². The van der Waals surface area contributed by atoms with Crippen LogP contribution < -0.4 is 10.1 Å². The van der Waals surface area contributed by atoms with Gasteiger partial charge in [-0.2, -0.15) is 13.2 Å². The van der Waals surface area contributed by atoms with Crippen molar-refractivity contribution in [3.8, 4) is 11.6 Å². The van der Waals surface area contributed by atoms with Gasteiger partial charge in [0.2, 0.25) is 5.88 Å². The Labute approximate surface area is 177 Å². The summed E-state index contributed by atoms with van der Waals surface area (Å²) in [6, 6.07) is 8.67. The van der Waals surface area contributed by atoms with Crippen molar-refractivity contribution in [2.24, 2.45) is 4.99 Å². The molecule has 0 aliphatic heterocycles. The first-order valence-electron chi connectivity index (χ1n) is 8.43. The van der Waals surface area contributed by atoms with Crippen LogP contribution in [0.25, 0.3) is 0 Å². The van der Waals surface area contributed by atoms with E-state index in [4.69, 9.17) is 16.3 Å². The highest BCUT2D eigenvalue weighted by Gasteiger charge is 2.31. The Hall–Kier alpha value is -3.53. The zero-order chi connectivity index (χ0) is 22.6. The van der Waals surface area contributed by atoms with Gasteiger partial charge in [0.1, 0.15) is 22.4 Å². The van der Waals surface area contributed by atoms with E-state index >= 15 is 0 Å². The molecule has 1 aromatic heterocycles. The number of halogens is 6. The average molecular weight is 456 g/mol. The zero-order valence-corrected chi connectivity index (χ0v) is 16.0. The molecule has 0 atom stereocenters. The molecule has 0 spiro atoms. The van der Waals surface area contributed by atoms with Crippen LogP contribution >= 0.6 is 11.6 Å². The molecule has 31 heavy (non-hydrogen) atoms. The molecule has 0 aliphatic rings. The molecule has 0 fully saturated rings. The van der Waals surface area contributed by atoms with Crippen molar-refractivity contribution in [2.75, 3.05) is 5.32 Å². The number of carbonyl (C=O) groups excluding carboxylic acids is 1. The molecule has 0 saturated heterocycles. The molecule has 3 rings (SSSR count).